The van der Waals surface area contributed by atoms with Gasteiger partial charge in [-0.05, 0) is 79.4 Å². The minimum atomic E-state index is -0.811. The Morgan fingerprint density at radius 1 is 0.722 bits per heavy atom. The van der Waals surface area contributed by atoms with Crippen LogP contribution < -0.4 is 14.2 Å². The van der Waals surface area contributed by atoms with E-state index >= 15 is 0 Å². The van der Waals surface area contributed by atoms with Crippen LogP contribution in [0.4, 0.5) is 4.79 Å². The predicted molar refractivity (Wildman–Crippen MR) is 207 cm³/mol. The van der Waals surface area contributed by atoms with Gasteiger partial charge < -0.3 is 38.0 Å². The van der Waals surface area contributed by atoms with Gasteiger partial charge in [-0.2, -0.15) is 0 Å². The SMILES string of the molecule is COc1ccc(CO[C@H]2CN(OC(=O)OC(C)(C)C)C[C@@H](OCc3ccc(OC)c(Cl)c3)[C@H]2c2ccc(OCCCOCc3ccccc3)cc2)cc1Cl. The highest BCUT2D eigenvalue weighted by Crippen LogP contribution is 2.36. The first kappa shape index (κ1) is 41.1. The average Bonchev–Trinajstić information content (AvgIpc) is 3.14. The van der Waals surface area contributed by atoms with Crippen LogP contribution in [0.2, 0.25) is 10.0 Å². The highest BCUT2D eigenvalue weighted by atomic mass is 35.5. The number of benzene rings is 4. The number of hydroxylamine groups is 2. The summed E-state index contributed by atoms with van der Waals surface area (Å²) in [5.74, 6) is 1.61. The molecule has 1 aliphatic rings. The van der Waals surface area contributed by atoms with Crippen molar-refractivity contribution >= 4 is 29.4 Å². The Morgan fingerprint density at radius 3 is 1.81 bits per heavy atom. The molecule has 4 aromatic rings. The van der Waals surface area contributed by atoms with E-state index < -0.39 is 24.0 Å². The van der Waals surface area contributed by atoms with Crippen molar-refractivity contribution in [1.82, 2.24) is 5.06 Å². The van der Waals surface area contributed by atoms with Gasteiger partial charge in [0.1, 0.15) is 22.8 Å². The van der Waals surface area contributed by atoms with E-state index in [2.05, 4.69) is 0 Å². The van der Waals surface area contributed by atoms with Crippen molar-refractivity contribution in [2.75, 3.05) is 40.5 Å². The number of nitrogens with zero attached hydrogens (tertiary/aromatic N) is 1. The summed E-state index contributed by atoms with van der Waals surface area (Å²) in [6.45, 7) is 8.00. The number of hydrogen-bond acceptors (Lipinski definition) is 10. The van der Waals surface area contributed by atoms with Crippen LogP contribution in [0.5, 0.6) is 17.2 Å². The molecule has 0 spiro atoms. The standard InChI is InChI=1S/C42H49Cl2NO9/c1-42(2,3)53-41(46)54-45-24-38(51-27-30-12-18-36(47-4)34(43)22-30)40(39(25-45)52-28-31-13-19-37(48-5)35(44)23-31)32-14-16-33(17-15-32)50-21-9-20-49-26-29-10-7-6-8-11-29/h6-8,10-19,22-23,38-40H,9,20-21,24-28H2,1-5H3/t38-,39+,40-. The minimum Gasteiger partial charge on any atom is -0.495 e. The van der Waals surface area contributed by atoms with Gasteiger partial charge in [0.25, 0.3) is 0 Å². The molecule has 0 saturated carbocycles. The zero-order valence-electron chi connectivity index (χ0n) is 31.4. The maximum atomic E-state index is 12.9. The maximum Gasteiger partial charge on any atom is 0.528 e. The van der Waals surface area contributed by atoms with E-state index in [0.29, 0.717) is 41.4 Å². The molecular formula is C42H49Cl2NO9. The monoisotopic (exact) mass is 781 g/mol. The molecule has 4 aromatic carbocycles. The van der Waals surface area contributed by atoms with E-state index in [4.69, 9.17) is 61.2 Å². The fraction of sp³-hybridized carbons (Fsp3) is 0.405. The molecule has 1 aliphatic heterocycles. The average molecular weight is 783 g/mol. The number of carbonyl (C=O) groups is 1. The molecule has 3 atom stereocenters. The number of carbonyl (C=O) groups excluding carboxylic acids is 1. The first-order valence-electron chi connectivity index (χ1n) is 17.9. The van der Waals surface area contributed by atoms with Crippen molar-refractivity contribution in [3.63, 3.8) is 0 Å². The van der Waals surface area contributed by atoms with Gasteiger partial charge in [0.15, 0.2) is 0 Å². The summed E-state index contributed by atoms with van der Waals surface area (Å²) < 4.78 is 41.3. The van der Waals surface area contributed by atoms with E-state index in [1.54, 1.807) is 52.2 Å². The highest BCUT2D eigenvalue weighted by Gasteiger charge is 2.41. The molecule has 1 fully saturated rings. The number of piperidine rings is 1. The van der Waals surface area contributed by atoms with Gasteiger partial charge >= 0.3 is 6.16 Å². The zero-order chi connectivity index (χ0) is 38.5. The molecule has 0 amide bonds. The van der Waals surface area contributed by atoms with Crippen LogP contribution >= 0.6 is 23.2 Å². The summed E-state index contributed by atoms with van der Waals surface area (Å²) in [7, 11) is 3.14. The largest absolute Gasteiger partial charge is 0.528 e. The Kier molecular flexibility index (Phi) is 15.3. The summed E-state index contributed by atoms with van der Waals surface area (Å²) in [5.41, 5.74) is 3.09. The van der Waals surface area contributed by atoms with E-state index in [9.17, 15) is 4.79 Å². The number of hydrogen-bond donors (Lipinski definition) is 0. The molecule has 0 radical (unpaired) electrons. The molecule has 12 heteroatoms. The minimum absolute atomic E-state index is 0.236. The fourth-order valence-electron chi connectivity index (χ4n) is 6.04. The van der Waals surface area contributed by atoms with Crippen LogP contribution in [0.3, 0.4) is 0 Å². The molecule has 0 N–H and O–H groups in total. The first-order chi connectivity index (χ1) is 26.0. The van der Waals surface area contributed by atoms with Gasteiger partial charge in [0.05, 0.1) is 82.6 Å². The van der Waals surface area contributed by atoms with Crippen molar-refractivity contribution in [2.24, 2.45) is 0 Å². The number of rotatable bonds is 17. The summed E-state index contributed by atoms with van der Waals surface area (Å²) in [5, 5.41) is 2.50. The molecule has 1 heterocycles. The lowest BCUT2D eigenvalue weighted by Gasteiger charge is -2.42. The highest BCUT2D eigenvalue weighted by molar-refractivity contribution is 6.32. The fourth-order valence-corrected chi connectivity index (χ4v) is 6.60. The Bertz CT molecular complexity index is 1700. The zero-order valence-corrected chi connectivity index (χ0v) is 32.9. The summed E-state index contributed by atoms with van der Waals surface area (Å²) >= 11 is 12.9. The Morgan fingerprint density at radius 2 is 1.30 bits per heavy atom. The van der Waals surface area contributed by atoms with Crippen molar-refractivity contribution in [1.29, 1.82) is 0 Å². The number of methoxy groups -OCH3 is 2. The molecular weight excluding hydrogens is 733 g/mol. The van der Waals surface area contributed by atoms with Gasteiger partial charge in [-0.15, -0.1) is 5.06 Å². The second kappa shape index (κ2) is 20.0. The molecule has 54 heavy (non-hydrogen) atoms. The molecule has 0 bridgehead atoms. The molecule has 0 unspecified atom stereocenters. The third kappa shape index (κ3) is 12.5. The Hall–Kier alpha value is -4.03. The summed E-state index contributed by atoms with van der Waals surface area (Å²) in [4.78, 5) is 18.6. The van der Waals surface area contributed by atoms with E-state index in [0.717, 1.165) is 34.4 Å². The number of halogens is 2. The van der Waals surface area contributed by atoms with Crippen LogP contribution in [0.1, 0.15) is 55.4 Å². The van der Waals surface area contributed by atoms with Crippen molar-refractivity contribution < 1.29 is 42.8 Å². The lowest BCUT2D eigenvalue weighted by molar-refractivity contribution is -0.209. The molecule has 0 aromatic heterocycles. The van der Waals surface area contributed by atoms with Gasteiger partial charge in [-0.3, -0.25) is 0 Å². The molecule has 1 saturated heterocycles. The first-order valence-corrected chi connectivity index (χ1v) is 18.6. The Labute approximate surface area is 328 Å². The Balaban J connectivity index is 1.34. The van der Waals surface area contributed by atoms with Crippen LogP contribution in [0, 0.1) is 0 Å². The third-order valence-electron chi connectivity index (χ3n) is 8.60. The van der Waals surface area contributed by atoms with Gasteiger partial charge in [-0.25, -0.2) is 4.79 Å². The third-order valence-corrected chi connectivity index (χ3v) is 9.19. The van der Waals surface area contributed by atoms with Crippen molar-refractivity contribution in [3.05, 3.63) is 123 Å². The second-order valence-electron chi connectivity index (χ2n) is 13.9. The van der Waals surface area contributed by atoms with Gasteiger partial charge in [0.2, 0.25) is 0 Å². The topological polar surface area (TPSA) is 94.2 Å². The molecule has 10 nitrogen and oxygen atoms in total. The van der Waals surface area contributed by atoms with Crippen LogP contribution in [-0.4, -0.2) is 69.6 Å². The molecule has 5 rings (SSSR count). The molecule has 290 valence electrons. The van der Waals surface area contributed by atoms with Crippen LogP contribution in [-0.2, 0) is 43.6 Å². The molecule has 0 aliphatic carbocycles. The van der Waals surface area contributed by atoms with Crippen LogP contribution in [0.15, 0.2) is 91.0 Å². The van der Waals surface area contributed by atoms with Crippen LogP contribution in [0.25, 0.3) is 0 Å². The normalized spacial score (nSPS) is 17.5. The summed E-state index contributed by atoms with van der Waals surface area (Å²) in [6, 6.07) is 29.1. The quantitative estimate of drug-likeness (QED) is 0.0762. The lowest BCUT2D eigenvalue weighted by Crippen LogP contribution is -2.53. The summed E-state index contributed by atoms with van der Waals surface area (Å²) in [6.07, 6.45) is -1.03. The van der Waals surface area contributed by atoms with Crippen molar-refractivity contribution in [3.8, 4) is 17.2 Å². The van der Waals surface area contributed by atoms with E-state index in [-0.39, 0.29) is 32.2 Å². The predicted octanol–water partition coefficient (Wildman–Crippen LogP) is 9.43. The smallest absolute Gasteiger partial charge is 0.495 e. The van der Waals surface area contributed by atoms with Gasteiger partial charge in [-0.1, -0.05) is 77.8 Å². The lowest BCUT2D eigenvalue weighted by atomic mass is 9.85. The van der Waals surface area contributed by atoms with E-state index in [1.807, 2.05) is 78.9 Å². The van der Waals surface area contributed by atoms with E-state index in [1.165, 1.54) is 0 Å². The van der Waals surface area contributed by atoms with Crippen molar-refractivity contribution in [2.45, 2.75) is 70.7 Å². The van der Waals surface area contributed by atoms with Gasteiger partial charge in [0, 0.05) is 12.3 Å². The second-order valence-corrected chi connectivity index (χ2v) is 14.7. The maximum absolute atomic E-state index is 12.9. The number of ether oxygens (including phenoxy) is 7.